The van der Waals surface area contributed by atoms with Crippen molar-refractivity contribution >= 4 is 21.8 Å². The van der Waals surface area contributed by atoms with Gasteiger partial charge in [-0.2, -0.15) is 0 Å². The Labute approximate surface area is 117 Å². The molecule has 1 aliphatic rings. The highest BCUT2D eigenvalue weighted by atomic mass is 79.9. The molecular weight excluding hydrogens is 292 g/mol. The van der Waals surface area contributed by atoms with E-state index in [2.05, 4.69) is 27.1 Å². The SMILES string of the molecule is C=CCCCN(C)C(=O)c1cc(Br)cn1C1CC1. The number of unbranched alkanes of at least 4 members (excludes halogenated alkanes) is 1. The van der Waals surface area contributed by atoms with Crippen LogP contribution in [0.25, 0.3) is 0 Å². The van der Waals surface area contributed by atoms with E-state index in [-0.39, 0.29) is 5.91 Å². The van der Waals surface area contributed by atoms with Crippen LogP contribution in [0.15, 0.2) is 29.4 Å². The molecule has 1 aromatic heterocycles. The molecule has 0 radical (unpaired) electrons. The van der Waals surface area contributed by atoms with E-state index in [1.807, 2.05) is 25.4 Å². The van der Waals surface area contributed by atoms with Crippen LogP contribution in [-0.4, -0.2) is 29.0 Å². The zero-order valence-corrected chi connectivity index (χ0v) is 12.3. The van der Waals surface area contributed by atoms with Crippen molar-refractivity contribution in [1.29, 1.82) is 0 Å². The fourth-order valence-electron chi connectivity index (χ4n) is 2.04. The molecule has 0 N–H and O–H groups in total. The Kier molecular flexibility index (Phi) is 4.27. The first-order valence-electron chi connectivity index (χ1n) is 6.37. The lowest BCUT2D eigenvalue weighted by Crippen LogP contribution is -2.29. The van der Waals surface area contributed by atoms with E-state index in [4.69, 9.17) is 0 Å². The van der Waals surface area contributed by atoms with Gasteiger partial charge in [0.25, 0.3) is 5.91 Å². The first kappa shape index (κ1) is 13.4. The number of carbonyl (C=O) groups is 1. The molecule has 4 heteroatoms. The molecule has 1 fully saturated rings. The minimum Gasteiger partial charge on any atom is -0.340 e. The van der Waals surface area contributed by atoms with Gasteiger partial charge in [-0.3, -0.25) is 4.79 Å². The van der Waals surface area contributed by atoms with Crippen LogP contribution < -0.4 is 0 Å². The summed E-state index contributed by atoms with van der Waals surface area (Å²) in [7, 11) is 1.86. The smallest absolute Gasteiger partial charge is 0.270 e. The summed E-state index contributed by atoms with van der Waals surface area (Å²) in [6, 6.07) is 2.45. The van der Waals surface area contributed by atoms with Crippen molar-refractivity contribution in [2.24, 2.45) is 0 Å². The summed E-state index contributed by atoms with van der Waals surface area (Å²) < 4.78 is 3.09. The quantitative estimate of drug-likeness (QED) is 0.582. The largest absolute Gasteiger partial charge is 0.340 e. The summed E-state index contributed by atoms with van der Waals surface area (Å²) in [6.45, 7) is 4.47. The standard InChI is InChI=1S/C14H19BrN2O/c1-3-4-5-8-16(2)14(18)13-9-11(15)10-17(13)12-6-7-12/h3,9-10,12H,1,4-8H2,2H3. The molecule has 18 heavy (non-hydrogen) atoms. The summed E-state index contributed by atoms with van der Waals surface area (Å²) in [5.74, 6) is 0.108. The minimum absolute atomic E-state index is 0.108. The van der Waals surface area contributed by atoms with Crippen molar-refractivity contribution in [2.45, 2.75) is 31.7 Å². The van der Waals surface area contributed by atoms with Crippen molar-refractivity contribution in [3.05, 3.63) is 35.1 Å². The Balaban J connectivity index is 2.05. The van der Waals surface area contributed by atoms with Crippen LogP contribution in [0.3, 0.4) is 0 Å². The van der Waals surface area contributed by atoms with Gasteiger partial charge < -0.3 is 9.47 Å². The number of halogens is 1. The number of carbonyl (C=O) groups excluding carboxylic acids is 1. The predicted octanol–water partition coefficient (Wildman–Crippen LogP) is 3.62. The molecule has 1 amide bonds. The van der Waals surface area contributed by atoms with Crippen LogP contribution in [0.4, 0.5) is 0 Å². The number of hydrogen-bond acceptors (Lipinski definition) is 1. The average Bonchev–Trinajstić information content (AvgIpc) is 3.12. The van der Waals surface area contributed by atoms with E-state index in [1.165, 1.54) is 12.8 Å². The molecule has 2 rings (SSSR count). The highest BCUT2D eigenvalue weighted by Gasteiger charge is 2.28. The third kappa shape index (κ3) is 3.05. The molecule has 1 saturated carbocycles. The first-order valence-corrected chi connectivity index (χ1v) is 7.16. The molecule has 1 aliphatic carbocycles. The number of hydrogen-bond donors (Lipinski definition) is 0. The van der Waals surface area contributed by atoms with Gasteiger partial charge in [0, 0.05) is 30.3 Å². The maximum atomic E-state index is 12.4. The lowest BCUT2D eigenvalue weighted by Gasteiger charge is -2.18. The van der Waals surface area contributed by atoms with Gasteiger partial charge in [0.1, 0.15) is 5.69 Å². The van der Waals surface area contributed by atoms with Crippen molar-refractivity contribution in [2.75, 3.05) is 13.6 Å². The van der Waals surface area contributed by atoms with Gasteiger partial charge in [-0.05, 0) is 47.7 Å². The Hall–Kier alpha value is -1.03. The summed E-state index contributed by atoms with van der Waals surface area (Å²) in [5, 5.41) is 0. The van der Waals surface area contributed by atoms with Crippen LogP contribution in [0.5, 0.6) is 0 Å². The molecule has 0 aromatic carbocycles. The highest BCUT2D eigenvalue weighted by molar-refractivity contribution is 9.10. The van der Waals surface area contributed by atoms with E-state index in [9.17, 15) is 4.79 Å². The topological polar surface area (TPSA) is 25.2 Å². The molecule has 98 valence electrons. The van der Waals surface area contributed by atoms with E-state index in [0.29, 0.717) is 6.04 Å². The van der Waals surface area contributed by atoms with Crippen LogP contribution in [0.2, 0.25) is 0 Å². The van der Waals surface area contributed by atoms with E-state index in [1.54, 1.807) is 4.90 Å². The Morgan fingerprint density at radius 1 is 1.67 bits per heavy atom. The molecule has 3 nitrogen and oxygen atoms in total. The van der Waals surface area contributed by atoms with Crippen molar-refractivity contribution in [1.82, 2.24) is 9.47 Å². The maximum Gasteiger partial charge on any atom is 0.270 e. The van der Waals surface area contributed by atoms with Gasteiger partial charge in [0.2, 0.25) is 0 Å². The molecule has 0 unspecified atom stereocenters. The van der Waals surface area contributed by atoms with Crippen LogP contribution in [0.1, 0.15) is 42.2 Å². The van der Waals surface area contributed by atoms with Crippen LogP contribution in [0, 0.1) is 0 Å². The second-order valence-corrected chi connectivity index (χ2v) is 5.76. The summed E-state index contributed by atoms with van der Waals surface area (Å²) >= 11 is 3.46. The highest BCUT2D eigenvalue weighted by Crippen LogP contribution is 2.37. The Bertz CT molecular complexity index is 449. The van der Waals surface area contributed by atoms with Gasteiger partial charge in [-0.15, -0.1) is 6.58 Å². The zero-order chi connectivity index (χ0) is 13.1. The zero-order valence-electron chi connectivity index (χ0n) is 10.7. The molecule has 0 spiro atoms. The number of amides is 1. The Morgan fingerprint density at radius 2 is 2.39 bits per heavy atom. The normalized spacial score (nSPS) is 14.6. The number of allylic oxidation sites excluding steroid dienone is 1. The third-order valence-electron chi connectivity index (χ3n) is 3.22. The second kappa shape index (κ2) is 5.74. The molecule has 1 heterocycles. The fraction of sp³-hybridized carbons (Fsp3) is 0.500. The van der Waals surface area contributed by atoms with Crippen molar-refractivity contribution < 1.29 is 4.79 Å². The van der Waals surface area contributed by atoms with Crippen LogP contribution >= 0.6 is 15.9 Å². The molecule has 0 bridgehead atoms. The van der Waals surface area contributed by atoms with E-state index in [0.717, 1.165) is 29.6 Å². The molecule has 0 atom stereocenters. The Morgan fingerprint density at radius 3 is 3.00 bits per heavy atom. The molecular formula is C14H19BrN2O. The maximum absolute atomic E-state index is 12.4. The monoisotopic (exact) mass is 310 g/mol. The summed E-state index contributed by atoms with van der Waals surface area (Å²) in [6.07, 6.45) is 8.19. The minimum atomic E-state index is 0.108. The van der Waals surface area contributed by atoms with E-state index >= 15 is 0 Å². The lowest BCUT2D eigenvalue weighted by molar-refractivity contribution is 0.0783. The first-order chi connectivity index (χ1) is 8.63. The third-order valence-corrected chi connectivity index (χ3v) is 3.66. The van der Waals surface area contributed by atoms with E-state index < -0.39 is 0 Å². The van der Waals surface area contributed by atoms with Gasteiger partial charge in [-0.25, -0.2) is 0 Å². The molecule has 0 aliphatic heterocycles. The summed E-state index contributed by atoms with van der Waals surface area (Å²) in [4.78, 5) is 14.2. The summed E-state index contributed by atoms with van der Waals surface area (Å²) in [5.41, 5.74) is 0.797. The predicted molar refractivity (Wildman–Crippen MR) is 76.8 cm³/mol. The number of rotatable bonds is 6. The van der Waals surface area contributed by atoms with Gasteiger partial charge in [-0.1, -0.05) is 6.08 Å². The van der Waals surface area contributed by atoms with Crippen molar-refractivity contribution in [3.63, 3.8) is 0 Å². The van der Waals surface area contributed by atoms with Gasteiger partial charge in [0.15, 0.2) is 0 Å². The second-order valence-electron chi connectivity index (χ2n) is 4.84. The van der Waals surface area contributed by atoms with Crippen molar-refractivity contribution in [3.8, 4) is 0 Å². The lowest BCUT2D eigenvalue weighted by atomic mass is 10.3. The molecule has 0 saturated heterocycles. The van der Waals surface area contributed by atoms with Gasteiger partial charge in [0.05, 0.1) is 0 Å². The number of aromatic nitrogens is 1. The van der Waals surface area contributed by atoms with Crippen LogP contribution in [-0.2, 0) is 0 Å². The molecule has 1 aromatic rings. The van der Waals surface area contributed by atoms with Gasteiger partial charge >= 0.3 is 0 Å². The fourth-order valence-corrected chi connectivity index (χ4v) is 2.48. The number of nitrogens with zero attached hydrogens (tertiary/aromatic N) is 2. The average molecular weight is 311 g/mol.